The van der Waals surface area contributed by atoms with Crippen LogP contribution in [0.15, 0.2) is 127 Å². The van der Waals surface area contributed by atoms with Crippen molar-refractivity contribution >= 4 is 19.1 Å². The molecule has 0 spiro atoms. The van der Waals surface area contributed by atoms with E-state index in [1.165, 1.54) is 65.4 Å². The van der Waals surface area contributed by atoms with Crippen LogP contribution in [0.4, 0.5) is 0 Å². The predicted molar refractivity (Wildman–Crippen MR) is 198 cm³/mol. The third-order valence-electron chi connectivity index (χ3n) is 12.3. The standard InChI is InChI=1S/2C16H13.C8H9.3CH3.Hf.H2Si/c2*1-12-6-2-3-9-14(12)16-11-5-8-13-7-4-10-15(13)16;1-2-8-6-4-3-5-7-8;;;;;/h2*2-11H,1H3;3-7H,1-2H2;3*1H3;;1H2. The number of rotatable bonds is 7. The van der Waals surface area contributed by atoms with E-state index >= 15 is 0 Å². The van der Waals surface area contributed by atoms with Gasteiger partial charge in [0.1, 0.15) is 0 Å². The Morgan fingerprint density at radius 2 is 0.933 bits per heavy atom. The van der Waals surface area contributed by atoms with E-state index < -0.39 is 14.2 Å². The minimum absolute atomic E-state index is 0.373. The number of allylic oxidation sites excluding steroid dienone is 2. The number of hydrogen-bond acceptors (Lipinski definition) is 0. The molecule has 5 aromatic rings. The average Bonchev–Trinajstić information content (AvgIpc) is 3.69. The molecule has 0 N–H and O–H groups in total. The summed E-state index contributed by atoms with van der Waals surface area (Å²) in [6.07, 6.45) is 11.3. The summed E-state index contributed by atoms with van der Waals surface area (Å²) in [5, 5.41) is 0. The van der Waals surface area contributed by atoms with E-state index in [2.05, 4.69) is 174 Å². The molecule has 0 radical (unpaired) electrons. The van der Waals surface area contributed by atoms with Gasteiger partial charge < -0.3 is 0 Å². The molecule has 0 fully saturated rings. The molecule has 0 amide bonds. The Balaban J connectivity index is 1.46. The molecule has 0 saturated carbocycles. The first kappa shape index (κ1) is 30.3. The predicted octanol–water partition coefficient (Wildman–Crippen LogP) is 11.6. The van der Waals surface area contributed by atoms with Crippen LogP contribution in [0.3, 0.4) is 0 Å². The van der Waals surface area contributed by atoms with Gasteiger partial charge >= 0.3 is 268 Å². The van der Waals surface area contributed by atoms with Gasteiger partial charge in [-0.3, -0.25) is 0 Å². The first-order chi connectivity index (χ1) is 21.3. The molecule has 5 aromatic carbocycles. The molecule has 0 aromatic heterocycles. The summed E-state index contributed by atoms with van der Waals surface area (Å²) in [5.74, 6) is 0. The second kappa shape index (κ2) is 9.59. The summed E-state index contributed by atoms with van der Waals surface area (Å²) in [6.45, 7) is 6.96. The molecule has 0 heterocycles. The molecule has 2 aliphatic rings. The van der Waals surface area contributed by atoms with Gasteiger partial charge in [0.05, 0.1) is 0 Å². The van der Waals surface area contributed by atoms with Gasteiger partial charge in [-0.05, 0) is 0 Å². The molecule has 2 aliphatic carbocycles. The van der Waals surface area contributed by atoms with E-state index in [-0.39, 0.29) is 0 Å². The quantitative estimate of drug-likeness (QED) is 0.145. The van der Waals surface area contributed by atoms with Crippen LogP contribution in [0.1, 0.15) is 46.3 Å². The van der Waals surface area contributed by atoms with Crippen molar-refractivity contribution in [3.8, 4) is 22.3 Å². The van der Waals surface area contributed by atoms with Crippen LogP contribution in [0.2, 0.25) is 18.2 Å². The van der Waals surface area contributed by atoms with Crippen molar-refractivity contribution < 1.29 is 14.2 Å². The molecule has 0 nitrogen and oxygen atoms in total. The Labute approximate surface area is 266 Å². The summed E-state index contributed by atoms with van der Waals surface area (Å²) in [4.78, 5) is 0. The Morgan fingerprint density at radius 3 is 1.40 bits per heavy atom. The Morgan fingerprint density at radius 1 is 0.511 bits per heavy atom. The topological polar surface area (TPSA) is 0 Å². The van der Waals surface area contributed by atoms with Crippen molar-refractivity contribution in [2.45, 2.75) is 45.8 Å². The molecule has 2 heteroatoms. The van der Waals surface area contributed by atoms with Crippen molar-refractivity contribution in [1.29, 1.82) is 0 Å². The fourth-order valence-electron chi connectivity index (χ4n) is 9.31. The molecule has 7 rings (SSSR count). The number of hydrogen-bond donors (Lipinski definition) is 0. The number of benzene rings is 5. The van der Waals surface area contributed by atoms with Crippen molar-refractivity contribution in [1.82, 2.24) is 0 Å². The fraction of sp³-hybridized carbons (Fsp3) is 0.209. The second-order valence-electron chi connectivity index (χ2n) is 17.5. The van der Waals surface area contributed by atoms with E-state index in [1.54, 1.807) is 0 Å². The van der Waals surface area contributed by atoms with Crippen LogP contribution in [0, 0.1) is 13.8 Å². The monoisotopic (exact) mass is 770 g/mol. The number of fused-ring (bicyclic) bond motifs is 2. The number of aryl methyl sites for hydroxylation is 3. The van der Waals surface area contributed by atoms with Crippen LogP contribution in [0.25, 0.3) is 34.4 Å². The van der Waals surface area contributed by atoms with E-state index in [1.807, 2.05) is 0 Å². The zero-order chi connectivity index (χ0) is 31.6. The average molecular weight is 769 g/mol. The summed E-state index contributed by atoms with van der Waals surface area (Å²) >= 11 is -5.10. The van der Waals surface area contributed by atoms with E-state index in [9.17, 15) is 0 Å². The van der Waals surface area contributed by atoms with Gasteiger partial charge in [0.2, 0.25) is 0 Å². The first-order valence-corrected chi connectivity index (χ1v) is 42.5. The summed E-state index contributed by atoms with van der Waals surface area (Å²) in [5.41, 5.74) is 15.4. The third-order valence-corrected chi connectivity index (χ3v) is 58.0. The molecular formula is C43H46HfSi. The van der Waals surface area contributed by atoms with Crippen LogP contribution in [-0.2, 0) is 20.6 Å². The van der Waals surface area contributed by atoms with Gasteiger partial charge in [-0.2, -0.15) is 0 Å². The van der Waals surface area contributed by atoms with Crippen LogP contribution in [-0.4, -0.2) is 6.94 Å². The molecule has 0 bridgehead atoms. The zero-order valence-electron chi connectivity index (χ0n) is 27.6. The zero-order valence-corrected chi connectivity index (χ0v) is 32.6. The summed E-state index contributed by atoms with van der Waals surface area (Å²) in [7, 11) is 0. The summed E-state index contributed by atoms with van der Waals surface area (Å²) in [6, 6.07) is 43.1. The Bertz CT molecular complexity index is 2050. The maximum atomic E-state index is 2.82. The Kier molecular flexibility index (Phi) is 6.47. The summed E-state index contributed by atoms with van der Waals surface area (Å²) < 4.78 is 10.4. The van der Waals surface area contributed by atoms with Gasteiger partial charge in [0.25, 0.3) is 0 Å². The van der Waals surface area contributed by atoms with Gasteiger partial charge in [0, 0.05) is 0 Å². The maximum absolute atomic E-state index is 5.10. The third kappa shape index (κ3) is 4.71. The Hall–Kier alpha value is -3.33. The minimum atomic E-state index is -5.10. The van der Waals surface area contributed by atoms with E-state index in [0.29, 0.717) is 7.35 Å². The van der Waals surface area contributed by atoms with Gasteiger partial charge in [-0.1, -0.05) is 0 Å². The fourth-order valence-corrected chi connectivity index (χ4v) is 46.2. The van der Waals surface area contributed by atoms with Crippen molar-refractivity contribution in [2.75, 3.05) is 0 Å². The molecule has 2 atom stereocenters. The molecule has 0 saturated heterocycles. The van der Waals surface area contributed by atoms with E-state index in [0.717, 1.165) is 6.42 Å². The normalized spacial score (nSPS) is 19.3. The van der Waals surface area contributed by atoms with Crippen molar-refractivity contribution in [3.63, 3.8) is 0 Å². The molecule has 45 heavy (non-hydrogen) atoms. The first-order valence-electron chi connectivity index (χ1n) is 16.7. The molecule has 2 unspecified atom stereocenters. The van der Waals surface area contributed by atoms with Crippen molar-refractivity contribution in [3.05, 3.63) is 166 Å². The van der Waals surface area contributed by atoms with Gasteiger partial charge in [-0.15, -0.1) is 0 Å². The molecular weight excluding hydrogens is 723 g/mol. The van der Waals surface area contributed by atoms with Gasteiger partial charge in [-0.25, -0.2) is 0 Å². The SMILES string of the molecule is Cc1ccccc1-c1cccc2c1C=C[CH]2[Hf]([CH3])([CH3])([CH3])(=[SiH2])([CH2]Cc1ccccc1)[CH]1C=Cc2c(-c3ccccc3C)cccc21. The van der Waals surface area contributed by atoms with E-state index in [4.69, 9.17) is 0 Å². The van der Waals surface area contributed by atoms with Crippen LogP contribution < -0.4 is 0 Å². The second-order valence-corrected chi connectivity index (χ2v) is 99.2. The van der Waals surface area contributed by atoms with Gasteiger partial charge in [0.15, 0.2) is 0 Å². The van der Waals surface area contributed by atoms with Crippen LogP contribution in [0.5, 0.6) is 0 Å². The van der Waals surface area contributed by atoms with Crippen LogP contribution >= 0.6 is 0 Å². The molecule has 226 valence electrons. The van der Waals surface area contributed by atoms with Crippen molar-refractivity contribution in [2.24, 2.45) is 0 Å². The molecule has 0 aliphatic heterocycles.